The average Bonchev–Trinajstić information content (AvgIpc) is 2.17. The van der Waals surface area contributed by atoms with Crippen LogP contribution in [-0.2, 0) is 14.4 Å². The highest BCUT2D eigenvalue weighted by Crippen LogP contribution is 2.15. The third kappa shape index (κ3) is 3.52. The fraction of sp³-hybridized carbons (Fsp3) is 0.500. The Morgan fingerprint density at radius 1 is 1.15 bits per heavy atom. The first kappa shape index (κ1) is 5.18. The number of hydrogen-bond donors (Lipinski definition) is 4. The number of carbonyl (C=O) groups is 3. The smallest absolute Gasteiger partial charge is 0.336 e. The Bertz CT molecular complexity index is 366. The maximum Gasteiger partial charge on any atom is 0.336 e. The fourth-order valence-corrected chi connectivity index (χ4v) is 0.439. The van der Waals surface area contributed by atoms with E-state index in [9.17, 15) is 14.4 Å². The molecule has 0 aromatic heterocycles. The van der Waals surface area contributed by atoms with Gasteiger partial charge in [-0.2, -0.15) is 0 Å². The molecule has 13 heavy (non-hydrogen) atoms. The molecule has 0 heterocycles. The van der Waals surface area contributed by atoms with Crippen LogP contribution in [0.2, 0.25) is 0 Å². The molecule has 0 atom stereocenters. The zero-order chi connectivity index (χ0) is 14.9. The molecule has 0 saturated carbocycles. The highest BCUT2D eigenvalue weighted by atomic mass is 16.4. The van der Waals surface area contributed by atoms with E-state index in [0.717, 1.165) is 0 Å². The van der Waals surface area contributed by atoms with Gasteiger partial charge < -0.3 is 20.4 Å². The van der Waals surface area contributed by atoms with E-state index in [1.165, 1.54) is 0 Å². The minimum Gasteiger partial charge on any atom is -0.481 e. The summed E-state index contributed by atoms with van der Waals surface area (Å²) < 4.78 is 34.5. The number of aliphatic carboxylic acids is 3. The molecule has 7 heteroatoms. The molecule has 4 N–H and O–H groups in total. The molecule has 0 aliphatic rings. The van der Waals surface area contributed by atoms with Crippen molar-refractivity contribution in [2.75, 3.05) is 0 Å². The molecule has 0 saturated heterocycles. The summed E-state index contributed by atoms with van der Waals surface area (Å²) in [6.07, 6.45) is -8.00. The number of carboxylic acid groups (broad SMARTS) is 3. The van der Waals surface area contributed by atoms with Gasteiger partial charge in [0.25, 0.3) is 0 Å². The van der Waals surface area contributed by atoms with Crippen LogP contribution in [0.5, 0.6) is 0 Å². The van der Waals surface area contributed by atoms with Gasteiger partial charge in [-0.1, -0.05) is 0 Å². The summed E-state index contributed by atoms with van der Waals surface area (Å²) in [6, 6.07) is 0. The first-order valence-corrected chi connectivity index (χ1v) is 2.74. The second-order valence-electron chi connectivity index (χ2n) is 1.85. The summed E-state index contributed by atoms with van der Waals surface area (Å²) in [5.74, 6) is -7.54. The van der Waals surface area contributed by atoms with E-state index in [-0.39, 0.29) is 0 Å². The molecular formula is C6H8O7. The lowest BCUT2D eigenvalue weighted by Crippen LogP contribution is -2.42. The predicted molar refractivity (Wildman–Crippen MR) is 37.1 cm³/mol. The lowest BCUT2D eigenvalue weighted by atomic mass is 9.96. The number of carboxylic acids is 3. The minimum atomic E-state index is -4.07. The van der Waals surface area contributed by atoms with Gasteiger partial charge in [0.15, 0.2) is 5.60 Å². The summed E-state index contributed by atoms with van der Waals surface area (Å²) in [7, 11) is 0. The Morgan fingerprint density at radius 2 is 1.54 bits per heavy atom. The lowest BCUT2D eigenvalue weighted by Gasteiger charge is -2.18. The largest absolute Gasteiger partial charge is 0.481 e. The fourth-order valence-electron chi connectivity index (χ4n) is 0.439. The first-order valence-electron chi connectivity index (χ1n) is 5.15. The second kappa shape index (κ2) is 3.85. The molecule has 74 valence electrons. The van der Waals surface area contributed by atoms with Crippen LogP contribution in [0.15, 0.2) is 0 Å². The normalized spacial score (nSPS) is 18.6. The Balaban J connectivity index is 6.31. The van der Waals surface area contributed by atoms with Crippen LogP contribution in [0.25, 0.3) is 0 Å². The summed E-state index contributed by atoms with van der Waals surface area (Å²) in [6.45, 7) is 0. The molecule has 0 spiro atoms. The van der Waals surface area contributed by atoms with Crippen LogP contribution in [0.4, 0.5) is 0 Å². The summed E-state index contributed by atoms with van der Waals surface area (Å²) in [4.78, 5) is 32.2. The number of rotatable bonds is 6. The van der Waals surface area contributed by atoms with Crippen molar-refractivity contribution in [2.45, 2.75) is 18.3 Å². The second-order valence-corrected chi connectivity index (χ2v) is 1.85. The van der Waals surface area contributed by atoms with Crippen LogP contribution >= 0.6 is 0 Å². The van der Waals surface area contributed by atoms with Gasteiger partial charge in [0, 0.05) is 5.48 Å². The zero-order valence-electron chi connectivity index (χ0n) is 11.0. The van der Waals surface area contributed by atoms with Gasteiger partial charge in [0.2, 0.25) is 1.43 Å². The summed E-state index contributed by atoms with van der Waals surface area (Å²) in [5, 5.41) is 29.2. The summed E-state index contributed by atoms with van der Waals surface area (Å²) in [5.41, 5.74) is -4.07. The molecule has 0 aromatic carbocycles. The molecule has 0 aliphatic heterocycles. The van der Waals surface area contributed by atoms with E-state index in [4.69, 9.17) is 22.2 Å². The van der Waals surface area contributed by atoms with E-state index in [2.05, 4.69) is 5.11 Å². The van der Waals surface area contributed by atoms with E-state index in [1.54, 1.807) is 0 Å². The standard InChI is InChI=1S/C6H8O7/c7-3(8)1-6(13,5(11)12)2-4(9)10/h13H,1-2H2,(H,7,8)(H,9,10)(H,11,12)/i1D2,2D2,13D. The van der Waals surface area contributed by atoms with E-state index in [0.29, 0.717) is 0 Å². The van der Waals surface area contributed by atoms with Crippen molar-refractivity contribution in [1.82, 2.24) is 0 Å². The van der Waals surface area contributed by atoms with Crippen molar-refractivity contribution in [3.8, 4) is 0 Å². The molecule has 0 aliphatic carbocycles. The van der Waals surface area contributed by atoms with Gasteiger partial charge in [0.05, 0.1) is 12.7 Å². The van der Waals surface area contributed by atoms with E-state index >= 15 is 0 Å². The van der Waals surface area contributed by atoms with E-state index < -0.39 is 36.3 Å². The van der Waals surface area contributed by atoms with Gasteiger partial charge in [-0.25, -0.2) is 4.79 Å². The van der Waals surface area contributed by atoms with Gasteiger partial charge in [-0.3, -0.25) is 9.59 Å². The van der Waals surface area contributed by atoms with E-state index in [1.807, 2.05) is 0 Å². The molecule has 0 radical (unpaired) electrons. The molecule has 0 unspecified atom stereocenters. The quantitative estimate of drug-likeness (QED) is 0.418. The Hall–Kier alpha value is -1.63. The van der Waals surface area contributed by atoms with Crippen molar-refractivity contribution in [2.24, 2.45) is 0 Å². The molecule has 0 fully saturated rings. The highest BCUT2D eigenvalue weighted by Gasteiger charge is 2.40. The molecular weight excluding hydrogens is 184 g/mol. The molecule has 7 nitrogen and oxygen atoms in total. The topological polar surface area (TPSA) is 132 Å². The lowest BCUT2D eigenvalue weighted by molar-refractivity contribution is -0.170. The van der Waals surface area contributed by atoms with Crippen molar-refractivity contribution < 1.29 is 40.3 Å². The maximum atomic E-state index is 10.9. The Kier molecular flexibility index (Phi) is 1.53. The van der Waals surface area contributed by atoms with Crippen LogP contribution < -0.4 is 0 Å². The number of hydrogen-bond acceptors (Lipinski definition) is 4. The van der Waals surface area contributed by atoms with Gasteiger partial charge in [-0.05, 0) is 0 Å². The molecule has 0 rings (SSSR count). The molecule has 0 bridgehead atoms. The Labute approximate surface area is 79.3 Å². The predicted octanol–water partition coefficient (Wildman–Crippen LogP) is -1.25. The highest BCUT2D eigenvalue weighted by molar-refractivity contribution is 5.88. The van der Waals surface area contributed by atoms with Gasteiger partial charge in [0.1, 0.15) is 0 Å². The Morgan fingerprint density at radius 3 is 1.69 bits per heavy atom. The van der Waals surface area contributed by atoms with Crippen LogP contribution in [0.3, 0.4) is 0 Å². The minimum absolute atomic E-state index is 2.48. The first-order chi connectivity index (χ1) is 7.89. The monoisotopic (exact) mass is 197 g/mol. The van der Waals surface area contributed by atoms with Crippen molar-refractivity contribution >= 4 is 17.9 Å². The van der Waals surface area contributed by atoms with Gasteiger partial charge >= 0.3 is 17.9 Å². The molecule has 0 aromatic rings. The van der Waals surface area contributed by atoms with Crippen LogP contribution in [0.1, 0.15) is 18.2 Å². The van der Waals surface area contributed by atoms with Crippen molar-refractivity contribution in [3.63, 3.8) is 0 Å². The molecule has 0 amide bonds. The zero-order valence-corrected chi connectivity index (χ0v) is 5.97. The van der Waals surface area contributed by atoms with Crippen molar-refractivity contribution in [1.29, 1.82) is 1.43 Å². The average molecular weight is 197 g/mol. The van der Waals surface area contributed by atoms with Crippen molar-refractivity contribution in [3.05, 3.63) is 0 Å². The third-order valence-electron chi connectivity index (χ3n) is 0.867. The van der Waals surface area contributed by atoms with Crippen LogP contribution in [-0.4, -0.2) is 45.4 Å². The SMILES string of the molecule is [2H]OC(C(=O)O)(C([2H])([2H])C(=O)O)C([2H])([2H])C(=O)O. The maximum absolute atomic E-state index is 10.9. The third-order valence-corrected chi connectivity index (χ3v) is 0.867. The van der Waals surface area contributed by atoms with Crippen LogP contribution in [0, 0.1) is 0 Å². The summed E-state index contributed by atoms with van der Waals surface area (Å²) >= 11 is 0. The van der Waals surface area contributed by atoms with Gasteiger partial charge in [-0.15, -0.1) is 0 Å². The number of aliphatic hydroxyl groups is 1.